The Morgan fingerprint density at radius 3 is 3.00 bits per heavy atom. The van der Waals surface area contributed by atoms with Gasteiger partial charge in [0.1, 0.15) is 5.02 Å². The molecular weight excluding hydrogens is 282 g/mol. The SMILES string of the molecule is CCC1(C(=O)O)CCCN(c2nc(OC)ncc2Cl)C1. The number of ether oxygens (including phenoxy) is 1. The zero-order chi connectivity index (χ0) is 14.8. The zero-order valence-electron chi connectivity index (χ0n) is 11.6. The van der Waals surface area contributed by atoms with Crippen LogP contribution in [-0.4, -0.2) is 41.2 Å². The highest BCUT2D eigenvalue weighted by Crippen LogP contribution is 2.37. The van der Waals surface area contributed by atoms with Crippen molar-refractivity contribution in [2.24, 2.45) is 5.41 Å². The Kier molecular flexibility index (Phi) is 4.32. The van der Waals surface area contributed by atoms with Crippen LogP contribution in [0.2, 0.25) is 5.02 Å². The molecule has 1 aromatic rings. The summed E-state index contributed by atoms with van der Waals surface area (Å²) in [5.41, 5.74) is -0.736. The van der Waals surface area contributed by atoms with Gasteiger partial charge in [-0.25, -0.2) is 4.98 Å². The molecule has 1 aromatic heterocycles. The quantitative estimate of drug-likeness (QED) is 0.919. The number of hydrogen-bond donors (Lipinski definition) is 1. The molecule has 0 spiro atoms. The van der Waals surface area contributed by atoms with Crippen LogP contribution in [0.25, 0.3) is 0 Å². The van der Waals surface area contributed by atoms with Gasteiger partial charge in [0.15, 0.2) is 5.82 Å². The first-order valence-electron chi connectivity index (χ1n) is 6.57. The number of carboxylic acid groups (broad SMARTS) is 1. The van der Waals surface area contributed by atoms with E-state index in [4.69, 9.17) is 16.3 Å². The molecule has 110 valence electrons. The fraction of sp³-hybridized carbons (Fsp3) is 0.615. The second-order valence-electron chi connectivity index (χ2n) is 4.99. The third-order valence-corrected chi connectivity index (χ3v) is 4.16. The molecule has 1 atom stereocenters. The Hall–Kier alpha value is -1.56. The molecule has 1 saturated heterocycles. The van der Waals surface area contributed by atoms with Crippen molar-refractivity contribution >= 4 is 23.4 Å². The molecule has 1 fully saturated rings. The first-order valence-corrected chi connectivity index (χ1v) is 6.95. The van der Waals surface area contributed by atoms with Crippen LogP contribution in [-0.2, 0) is 4.79 Å². The van der Waals surface area contributed by atoms with E-state index in [2.05, 4.69) is 9.97 Å². The van der Waals surface area contributed by atoms with Gasteiger partial charge in [-0.1, -0.05) is 18.5 Å². The van der Waals surface area contributed by atoms with E-state index >= 15 is 0 Å². The Labute approximate surface area is 122 Å². The molecular formula is C13H18ClN3O3. The Balaban J connectivity index is 2.31. The topological polar surface area (TPSA) is 75.5 Å². The van der Waals surface area contributed by atoms with Crippen molar-refractivity contribution < 1.29 is 14.6 Å². The van der Waals surface area contributed by atoms with Gasteiger partial charge < -0.3 is 14.7 Å². The number of hydrogen-bond acceptors (Lipinski definition) is 5. The number of piperidine rings is 1. The minimum Gasteiger partial charge on any atom is -0.481 e. The molecule has 0 amide bonds. The minimum atomic E-state index is -0.762. The van der Waals surface area contributed by atoms with E-state index in [1.54, 1.807) is 0 Å². The van der Waals surface area contributed by atoms with Crippen LogP contribution in [0.3, 0.4) is 0 Å². The number of rotatable bonds is 4. The summed E-state index contributed by atoms with van der Waals surface area (Å²) in [5, 5.41) is 9.91. The highest BCUT2D eigenvalue weighted by molar-refractivity contribution is 6.32. The van der Waals surface area contributed by atoms with Gasteiger partial charge in [-0.2, -0.15) is 4.98 Å². The molecule has 20 heavy (non-hydrogen) atoms. The first kappa shape index (κ1) is 14.8. The monoisotopic (exact) mass is 299 g/mol. The summed E-state index contributed by atoms with van der Waals surface area (Å²) in [5.74, 6) is -0.223. The van der Waals surface area contributed by atoms with Crippen LogP contribution >= 0.6 is 11.6 Å². The summed E-state index contributed by atoms with van der Waals surface area (Å²) in [6.07, 6.45) is 3.53. The lowest BCUT2D eigenvalue weighted by atomic mass is 9.77. The number of aromatic nitrogens is 2. The summed E-state index contributed by atoms with van der Waals surface area (Å²) in [4.78, 5) is 21.7. The zero-order valence-corrected chi connectivity index (χ0v) is 12.4. The second kappa shape index (κ2) is 5.83. The van der Waals surface area contributed by atoms with Crippen LogP contribution in [0.5, 0.6) is 6.01 Å². The number of methoxy groups -OCH3 is 1. The fourth-order valence-electron chi connectivity index (χ4n) is 2.59. The number of carbonyl (C=O) groups is 1. The summed E-state index contributed by atoms with van der Waals surface area (Å²) in [7, 11) is 1.48. The van der Waals surface area contributed by atoms with Gasteiger partial charge in [0, 0.05) is 13.1 Å². The molecule has 1 N–H and O–H groups in total. The second-order valence-corrected chi connectivity index (χ2v) is 5.40. The van der Waals surface area contributed by atoms with Gasteiger partial charge in [-0.05, 0) is 19.3 Å². The smallest absolute Gasteiger partial charge is 0.318 e. The van der Waals surface area contributed by atoms with Crippen molar-refractivity contribution in [2.75, 3.05) is 25.1 Å². The molecule has 0 bridgehead atoms. The van der Waals surface area contributed by atoms with E-state index in [0.717, 1.165) is 13.0 Å². The van der Waals surface area contributed by atoms with Crippen molar-refractivity contribution in [3.05, 3.63) is 11.2 Å². The molecule has 7 heteroatoms. The maximum absolute atomic E-state index is 11.6. The lowest BCUT2D eigenvalue weighted by Crippen LogP contribution is -2.48. The molecule has 2 heterocycles. The Morgan fingerprint density at radius 1 is 1.65 bits per heavy atom. The summed E-state index contributed by atoms with van der Waals surface area (Å²) < 4.78 is 5.00. The molecule has 0 aromatic carbocycles. The van der Waals surface area contributed by atoms with Crippen molar-refractivity contribution in [2.45, 2.75) is 26.2 Å². The summed E-state index contributed by atoms with van der Waals surface area (Å²) >= 11 is 6.13. The molecule has 1 aliphatic heterocycles. The minimum absolute atomic E-state index is 0.229. The predicted molar refractivity (Wildman–Crippen MR) is 75.4 cm³/mol. The number of halogens is 1. The average Bonchev–Trinajstić information content (AvgIpc) is 2.47. The first-order chi connectivity index (χ1) is 9.52. The highest BCUT2D eigenvalue weighted by Gasteiger charge is 2.41. The normalized spacial score (nSPS) is 22.6. The Bertz CT molecular complexity index is 512. The molecule has 0 saturated carbocycles. The van der Waals surface area contributed by atoms with Gasteiger partial charge in [-0.3, -0.25) is 4.79 Å². The average molecular weight is 300 g/mol. The van der Waals surface area contributed by atoms with E-state index in [1.165, 1.54) is 13.3 Å². The lowest BCUT2D eigenvalue weighted by molar-refractivity contribution is -0.149. The summed E-state index contributed by atoms with van der Waals surface area (Å²) in [6, 6.07) is 0.229. The van der Waals surface area contributed by atoms with E-state index in [-0.39, 0.29) is 6.01 Å². The van der Waals surface area contributed by atoms with Crippen molar-refractivity contribution in [3.63, 3.8) is 0 Å². The van der Waals surface area contributed by atoms with E-state index in [9.17, 15) is 9.90 Å². The van der Waals surface area contributed by atoms with Crippen LogP contribution < -0.4 is 9.64 Å². The van der Waals surface area contributed by atoms with Crippen molar-refractivity contribution in [1.82, 2.24) is 9.97 Å². The molecule has 1 aliphatic rings. The number of carboxylic acids is 1. The van der Waals surface area contributed by atoms with E-state index < -0.39 is 11.4 Å². The van der Waals surface area contributed by atoms with E-state index in [1.807, 2.05) is 11.8 Å². The van der Waals surface area contributed by atoms with Gasteiger partial charge >= 0.3 is 12.0 Å². The van der Waals surface area contributed by atoms with Gasteiger partial charge in [-0.15, -0.1) is 0 Å². The molecule has 6 nitrogen and oxygen atoms in total. The van der Waals surface area contributed by atoms with Crippen molar-refractivity contribution in [1.29, 1.82) is 0 Å². The van der Waals surface area contributed by atoms with Crippen LogP contribution in [0.1, 0.15) is 26.2 Å². The lowest BCUT2D eigenvalue weighted by Gasteiger charge is -2.40. The number of nitrogens with zero attached hydrogens (tertiary/aromatic N) is 3. The predicted octanol–water partition coefficient (Wildman–Crippen LogP) is 2.22. The highest BCUT2D eigenvalue weighted by atomic mass is 35.5. The van der Waals surface area contributed by atoms with Crippen molar-refractivity contribution in [3.8, 4) is 6.01 Å². The van der Waals surface area contributed by atoms with Gasteiger partial charge in [0.2, 0.25) is 0 Å². The summed E-state index contributed by atoms with van der Waals surface area (Å²) in [6.45, 7) is 3.04. The molecule has 1 unspecified atom stereocenters. The van der Waals surface area contributed by atoms with Crippen LogP contribution in [0, 0.1) is 5.41 Å². The number of aliphatic carboxylic acids is 1. The molecule has 0 radical (unpaired) electrons. The van der Waals surface area contributed by atoms with Gasteiger partial charge in [0.25, 0.3) is 0 Å². The molecule has 0 aliphatic carbocycles. The van der Waals surface area contributed by atoms with Crippen LogP contribution in [0.4, 0.5) is 5.82 Å². The maximum Gasteiger partial charge on any atom is 0.318 e. The van der Waals surface area contributed by atoms with Gasteiger partial charge in [0.05, 0.1) is 18.7 Å². The largest absolute Gasteiger partial charge is 0.481 e. The standard InChI is InChI=1S/C13H18ClN3O3/c1-3-13(11(18)19)5-4-6-17(8-13)10-9(14)7-15-12(16-10)20-2/h7H,3-6,8H2,1-2H3,(H,18,19). The molecule has 2 rings (SSSR count). The number of anilines is 1. The Morgan fingerprint density at radius 2 is 2.40 bits per heavy atom. The maximum atomic E-state index is 11.6. The van der Waals surface area contributed by atoms with Crippen LogP contribution in [0.15, 0.2) is 6.20 Å². The van der Waals surface area contributed by atoms with E-state index in [0.29, 0.717) is 30.2 Å². The third-order valence-electron chi connectivity index (χ3n) is 3.89. The third kappa shape index (κ3) is 2.65. The fourth-order valence-corrected chi connectivity index (χ4v) is 2.80.